The molecule has 146 valence electrons. The molecule has 1 saturated carbocycles. The van der Waals surface area contributed by atoms with E-state index in [1.165, 1.54) is 0 Å². The Morgan fingerprint density at radius 3 is 2.32 bits per heavy atom. The van der Waals surface area contributed by atoms with Crippen LogP contribution in [-0.4, -0.2) is 38.0 Å². The zero-order chi connectivity index (χ0) is 19.7. The van der Waals surface area contributed by atoms with E-state index >= 15 is 0 Å². The van der Waals surface area contributed by atoms with Gasteiger partial charge in [0.05, 0.1) is 19.7 Å². The quantitative estimate of drug-likeness (QED) is 0.618. The van der Waals surface area contributed by atoms with Crippen molar-refractivity contribution in [3.63, 3.8) is 0 Å². The number of hydrogen-bond donors (Lipinski definition) is 1. The van der Waals surface area contributed by atoms with Gasteiger partial charge >= 0.3 is 0 Å². The van der Waals surface area contributed by atoms with Crippen LogP contribution >= 0.6 is 0 Å². The van der Waals surface area contributed by atoms with E-state index in [0.717, 1.165) is 40.4 Å². The first kappa shape index (κ1) is 18.7. The lowest BCUT2D eigenvalue weighted by atomic mass is 10.00. The smallest absolute Gasteiger partial charge is 0.204 e. The van der Waals surface area contributed by atoms with Crippen LogP contribution in [0.25, 0.3) is 22.0 Å². The molecule has 2 aromatic carbocycles. The van der Waals surface area contributed by atoms with Gasteiger partial charge in [-0.25, -0.2) is 8.42 Å². The summed E-state index contributed by atoms with van der Waals surface area (Å²) in [4.78, 5) is 4.44. The van der Waals surface area contributed by atoms with Gasteiger partial charge in [0.25, 0.3) is 0 Å². The lowest BCUT2D eigenvalue weighted by Gasteiger charge is -2.15. The Bertz CT molecular complexity index is 1070. The van der Waals surface area contributed by atoms with E-state index in [2.05, 4.69) is 4.98 Å². The lowest BCUT2D eigenvalue weighted by Crippen LogP contribution is -2.23. The van der Waals surface area contributed by atoms with E-state index in [1.807, 2.05) is 42.5 Å². The third-order valence-electron chi connectivity index (χ3n) is 5.03. The van der Waals surface area contributed by atoms with Crippen molar-refractivity contribution in [2.75, 3.05) is 14.2 Å². The first-order chi connectivity index (χ1) is 13.6. The fraction of sp³-hybridized carbons (Fsp3) is 0.286. The summed E-state index contributed by atoms with van der Waals surface area (Å²) in [5.74, 6) is 1.29. The summed E-state index contributed by atoms with van der Waals surface area (Å²) in [6, 6.07) is 13.9. The first-order valence-corrected chi connectivity index (χ1v) is 10.2. The number of benzene rings is 2. The van der Waals surface area contributed by atoms with E-state index in [9.17, 15) is 8.42 Å². The van der Waals surface area contributed by atoms with Gasteiger partial charge in [0.1, 0.15) is 0 Å². The second kappa shape index (κ2) is 7.77. The molecule has 0 amide bonds. The minimum atomic E-state index is -2.55. The molecule has 1 fully saturated rings. The van der Waals surface area contributed by atoms with Crippen LogP contribution in [0.15, 0.2) is 48.7 Å². The van der Waals surface area contributed by atoms with E-state index in [0.29, 0.717) is 18.0 Å². The van der Waals surface area contributed by atoms with Crippen molar-refractivity contribution in [2.45, 2.75) is 25.4 Å². The van der Waals surface area contributed by atoms with Gasteiger partial charge < -0.3 is 9.47 Å². The average Bonchev–Trinajstić information content (AvgIpc) is 3.55. The molecule has 1 aliphatic rings. The molecule has 1 aromatic heterocycles. The van der Waals surface area contributed by atoms with Crippen LogP contribution in [0.5, 0.6) is 11.5 Å². The number of fused-ring (bicyclic) bond motifs is 1. The molecule has 1 aliphatic carbocycles. The molecule has 3 aromatic rings. The highest BCUT2D eigenvalue weighted by atomic mass is 32.2. The predicted molar refractivity (Wildman–Crippen MR) is 109 cm³/mol. The highest BCUT2D eigenvalue weighted by Gasteiger charge is 2.30. The lowest BCUT2D eigenvalue weighted by molar-refractivity contribution is 0.356. The molecular formula is C21H22N2O4S. The number of rotatable bonds is 7. The molecule has 0 bridgehead atoms. The molecule has 0 atom stereocenters. The Balaban J connectivity index is 1.68. The molecule has 0 saturated heterocycles. The van der Waals surface area contributed by atoms with Crippen LogP contribution in [0.3, 0.4) is 0 Å². The van der Waals surface area contributed by atoms with Crippen molar-refractivity contribution >= 4 is 21.8 Å². The molecule has 4 rings (SSSR count). The first-order valence-electron chi connectivity index (χ1n) is 9.11. The number of aromatic nitrogens is 1. The maximum Gasteiger partial charge on any atom is 0.204 e. The summed E-state index contributed by atoms with van der Waals surface area (Å²) >= 11 is 0. The van der Waals surface area contributed by atoms with Gasteiger partial charge in [-0.2, -0.15) is 4.31 Å². The van der Waals surface area contributed by atoms with Crippen molar-refractivity contribution in [3.8, 4) is 22.6 Å². The van der Waals surface area contributed by atoms with Crippen molar-refractivity contribution in [1.82, 2.24) is 9.29 Å². The summed E-state index contributed by atoms with van der Waals surface area (Å²) in [6.07, 6.45) is 3.68. The van der Waals surface area contributed by atoms with E-state index in [-0.39, 0.29) is 6.04 Å². The fourth-order valence-electron chi connectivity index (χ4n) is 3.39. The molecule has 0 aliphatic heterocycles. The molecular weight excluding hydrogens is 376 g/mol. The molecule has 6 nitrogen and oxygen atoms in total. The Kier molecular flexibility index (Phi) is 5.19. The van der Waals surface area contributed by atoms with Crippen LogP contribution in [0.4, 0.5) is 0 Å². The summed E-state index contributed by atoms with van der Waals surface area (Å²) in [5, 5.41) is 0.968. The average molecular weight is 398 g/mol. The molecule has 0 N–H and O–H groups in total. The summed E-state index contributed by atoms with van der Waals surface area (Å²) < 4.78 is 35.3. The minimum absolute atomic E-state index is 0.173. The normalized spacial score (nSPS) is 14.0. The maximum atomic E-state index is 11.5. The number of methoxy groups -OCH3 is 2. The van der Waals surface area contributed by atoms with Gasteiger partial charge in [0.2, 0.25) is 10.9 Å². The zero-order valence-electron chi connectivity index (χ0n) is 15.8. The van der Waals surface area contributed by atoms with Gasteiger partial charge in [-0.15, -0.1) is 0 Å². The summed E-state index contributed by atoms with van der Waals surface area (Å²) in [7, 11) is 0.665. The van der Waals surface area contributed by atoms with Gasteiger partial charge in [-0.3, -0.25) is 4.98 Å². The Morgan fingerprint density at radius 1 is 1.04 bits per heavy atom. The summed E-state index contributed by atoms with van der Waals surface area (Å²) in [6.45, 7) is 0.422. The van der Waals surface area contributed by atoms with E-state index in [4.69, 9.17) is 9.47 Å². The van der Waals surface area contributed by atoms with E-state index in [1.54, 1.807) is 24.7 Å². The topological polar surface area (TPSA) is 68.7 Å². The number of nitrogens with zero attached hydrogens (tertiary/aromatic N) is 2. The van der Waals surface area contributed by atoms with Crippen LogP contribution in [0, 0.1) is 0 Å². The highest BCUT2D eigenvalue weighted by Crippen LogP contribution is 2.36. The largest absolute Gasteiger partial charge is 0.493 e. The molecule has 0 spiro atoms. The van der Waals surface area contributed by atoms with Crippen LogP contribution in [0.1, 0.15) is 18.4 Å². The SMILES string of the molecule is COc1cc2nccc(-c3ccc(CN(C4CC4)[SH](=O)=O)cc3)c2cc1OC. The van der Waals surface area contributed by atoms with Crippen LogP contribution < -0.4 is 9.47 Å². The van der Waals surface area contributed by atoms with Gasteiger partial charge in [0.15, 0.2) is 11.5 Å². The van der Waals surface area contributed by atoms with Crippen molar-refractivity contribution in [2.24, 2.45) is 0 Å². The van der Waals surface area contributed by atoms with Crippen LogP contribution in [0.2, 0.25) is 0 Å². The van der Waals surface area contributed by atoms with Gasteiger partial charge in [0, 0.05) is 30.2 Å². The number of hydrogen-bond acceptors (Lipinski definition) is 5. The van der Waals surface area contributed by atoms with Gasteiger partial charge in [-0.1, -0.05) is 24.3 Å². The Morgan fingerprint density at radius 2 is 1.71 bits per heavy atom. The van der Waals surface area contributed by atoms with Crippen molar-refractivity contribution in [1.29, 1.82) is 0 Å². The number of pyridine rings is 1. The minimum Gasteiger partial charge on any atom is -0.493 e. The number of ether oxygens (including phenoxy) is 2. The predicted octanol–water partition coefficient (Wildman–Crippen LogP) is 3.41. The monoisotopic (exact) mass is 398 g/mol. The second-order valence-corrected chi connectivity index (χ2v) is 7.84. The molecule has 0 radical (unpaired) electrons. The Hall–Kier alpha value is -2.64. The maximum absolute atomic E-state index is 11.5. The second-order valence-electron chi connectivity index (χ2n) is 6.85. The standard InChI is InChI=1S/C21H22N2O4S/c1-26-20-11-18-17(9-10-22-19(18)12-21(20)27-2)15-5-3-14(4-6-15)13-23(28(24)25)16-7-8-16/h3-6,9-12,16,28H,7-8,13H2,1-2H3. The van der Waals surface area contributed by atoms with Crippen molar-refractivity contribution < 1.29 is 17.9 Å². The highest BCUT2D eigenvalue weighted by molar-refractivity contribution is 7.69. The van der Waals surface area contributed by atoms with E-state index < -0.39 is 10.9 Å². The third-order valence-corrected chi connectivity index (χ3v) is 5.92. The Labute approximate surface area is 165 Å². The fourth-order valence-corrected chi connectivity index (χ4v) is 4.17. The van der Waals surface area contributed by atoms with Crippen molar-refractivity contribution in [3.05, 3.63) is 54.2 Å². The number of thiol groups is 1. The molecule has 0 unspecified atom stereocenters. The molecule has 1 heterocycles. The zero-order valence-corrected chi connectivity index (χ0v) is 16.7. The van der Waals surface area contributed by atoms with Gasteiger partial charge in [-0.05, 0) is 41.7 Å². The van der Waals surface area contributed by atoms with Crippen LogP contribution in [-0.2, 0) is 17.4 Å². The third kappa shape index (κ3) is 3.68. The summed E-state index contributed by atoms with van der Waals surface area (Å²) in [5.41, 5.74) is 3.87. The molecule has 28 heavy (non-hydrogen) atoms. The molecule has 7 heteroatoms.